The predicted octanol–water partition coefficient (Wildman–Crippen LogP) is 15.3. The van der Waals surface area contributed by atoms with Crippen molar-refractivity contribution in [3.8, 4) is 22.3 Å². The average Bonchev–Trinajstić information content (AvgIpc) is 3.91. The van der Waals surface area contributed by atoms with Gasteiger partial charge in [0.2, 0.25) is 0 Å². The van der Waals surface area contributed by atoms with E-state index in [9.17, 15) is 10.2 Å². The quantitative estimate of drug-likeness (QED) is 0.0507. The summed E-state index contributed by atoms with van der Waals surface area (Å²) in [7, 11) is 0. The van der Waals surface area contributed by atoms with E-state index in [-0.39, 0.29) is 11.8 Å². The molecule has 4 unspecified atom stereocenters. The Bertz CT molecular complexity index is 3040. The lowest BCUT2D eigenvalue weighted by Crippen LogP contribution is -2.15. The fourth-order valence-corrected chi connectivity index (χ4v) is 12.0. The second-order valence-electron chi connectivity index (χ2n) is 18.3. The van der Waals surface area contributed by atoms with Crippen LogP contribution in [-0.4, -0.2) is 46.4 Å². The van der Waals surface area contributed by atoms with Gasteiger partial charge in [0.15, 0.2) is 0 Å². The SMILES string of the molecule is OC(CSc1cccc(SCC(O)CC2c3ccccc3-c3cc(/C=N/N(c4ccccc4)c4ccccc4)ccc32)c1)CC1c2ccccc2-c2cc(/C=N/N(c3ccccc3)c3ccccc3)ccc21. The number of hydrogen-bond acceptors (Lipinski definition) is 8. The van der Waals surface area contributed by atoms with Crippen molar-refractivity contribution in [1.29, 1.82) is 0 Å². The Hall–Kier alpha value is -7.46. The van der Waals surface area contributed by atoms with E-state index in [1.54, 1.807) is 23.5 Å². The fraction of sp³-hybridized carbons (Fsp3) is 0.125. The van der Waals surface area contributed by atoms with Crippen molar-refractivity contribution in [2.75, 3.05) is 21.5 Å². The number of nitrogens with zero attached hydrogens (tertiary/aromatic N) is 4. The number of aliphatic hydroxyl groups excluding tert-OH is 2. The molecule has 9 aromatic rings. The van der Waals surface area contributed by atoms with Crippen molar-refractivity contribution in [2.45, 2.75) is 46.7 Å². The second-order valence-corrected chi connectivity index (χ2v) is 20.5. The molecular weight excluding hydrogens is 921 g/mol. The predicted molar refractivity (Wildman–Crippen MR) is 302 cm³/mol. The molecule has 72 heavy (non-hydrogen) atoms. The minimum absolute atomic E-state index is 0.0943. The summed E-state index contributed by atoms with van der Waals surface area (Å²) < 4.78 is 0. The normalized spacial score (nSPS) is 15.2. The van der Waals surface area contributed by atoms with Crippen LogP contribution in [0.4, 0.5) is 22.7 Å². The molecule has 0 heterocycles. The standard InChI is InChI=1S/C64H54N4O2S2/c69-51(38-63-57-30-15-13-28-55(57)61-36-45(32-34-59(61)63)41-65-67(47-18-5-1-6-19-47)48-20-7-2-8-21-48)43-71-53-26-17-27-54(40-53)72-44-52(70)39-64-58-31-16-14-29-56(58)62-37-46(33-35-60(62)64)42-66-68(49-22-9-3-10-23-49)50-24-11-4-12-25-50/h1-37,40-42,51-52,63-64,69-70H,38-39,43-44H2/b65-41+,66-42+. The van der Waals surface area contributed by atoms with E-state index in [1.807, 2.05) is 95.2 Å². The summed E-state index contributed by atoms with van der Waals surface area (Å²) in [5.41, 5.74) is 15.8. The van der Waals surface area contributed by atoms with Crippen LogP contribution in [0, 0.1) is 0 Å². The summed E-state index contributed by atoms with van der Waals surface area (Å²) in [5.74, 6) is 1.35. The largest absolute Gasteiger partial charge is 0.392 e. The lowest BCUT2D eigenvalue weighted by Gasteiger charge is -2.19. The number of fused-ring (bicyclic) bond motifs is 6. The van der Waals surface area contributed by atoms with Gasteiger partial charge in [0, 0.05) is 33.1 Å². The van der Waals surface area contributed by atoms with E-state index in [2.05, 4.69) is 158 Å². The Balaban J connectivity index is 0.718. The molecule has 2 aliphatic carbocycles. The first-order valence-electron chi connectivity index (χ1n) is 24.6. The van der Waals surface area contributed by atoms with Gasteiger partial charge in [-0.25, -0.2) is 10.0 Å². The highest BCUT2D eigenvalue weighted by atomic mass is 32.2. The molecule has 6 nitrogen and oxygen atoms in total. The molecule has 2 aliphatic rings. The lowest BCUT2D eigenvalue weighted by molar-refractivity contribution is 0.183. The van der Waals surface area contributed by atoms with E-state index in [0.717, 1.165) is 43.7 Å². The van der Waals surface area contributed by atoms with Crippen molar-refractivity contribution >= 4 is 58.7 Å². The first-order valence-corrected chi connectivity index (χ1v) is 26.6. The zero-order valence-electron chi connectivity index (χ0n) is 39.7. The summed E-state index contributed by atoms with van der Waals surface area (Å²) in [6.45, 7) is 0. The Morgan fingerprint density at radius 3 is 1.11 bits per heavy atom. The van der Waals surface area contributed by atoms with Crippen LogP contribution in [0.5, 0.6) is 0 Å². The van der Waals surface area contributed by atoms with Crippen molar-refractivity contribution in [3.63, 3.8) is 0 Å². The van der Waals surface area contributed by atoms with Crippen molar-refractivity contribution in [1.82, 2.24) is 0 Å². The first-order chi connectivity index (χ1) is 35.5. The zero-order valence-corrected chi connectivity index (χ0v) is 41.4. The highest BCUT2D eigenvalue weighted by Gasteiger charge is 2.32. The number of hydrogen-bond donors (Lipinski definition) is 2. The Kier molecular flexibility index (Phi) is 14.3. The molecular formula is C64H54N4O2S2. The molecule has 0 radical (unpaired) electrons. The van der Waals surface area contributed by atoms with Crippen LogP contribution >= 0.6 is 23.5 Å². The Labute approximate surface area is 431 Å². The van der Waals surface area contributed by atoms with Crippen molar-refractivity contribution in [2.24, 2.45) is 10.2 Å². The summed E-state index contributed by atoms with van der Waals surface area (Å²) in [4.78, 5) is 2.22. The molecule has 0 amide bonds. The van der Waals surface area contributed by atoms with E-state index < -0.39 is 12.2 Å². The average molecular weight is 975 g/mol. The number of anilines is 4. The zero-order chi connectivity index (χ0) is 48.6. The minimum atomic E-state index is -0.512. The van der Waals surface area contributed by atoms with E-state index in [1.165, 1.54) is 44.5 Å². The van der Waals surface area contributed by atoms with Crippen LogP contribution in [0.1, 0.15) is 58.1 Å². The van der Waals surface area contributed by atoms with Crippen LogP contribution in [0.2, 0.25) is 0 Å². The molecule has 0 aromatic heterocycles. The van der Waals surface area contributed by atoms with E-state index in [0.29, 0.717) is 24.3 Å². The van der Waals surface area contributed by atoms with Gasteiger partial charge in [0.1, 0.15) is 0 Å². The van der Waals surface area contributed by atoms with Gasteiger partial charge < -0.3 is 10.2 Å². The topological polar surface area (TPSA) is 71.7 Å². The summed E-state index contributed by atoms with van der Waals surface area (Å²) in [5, 5.41) is 37.1. The smallest absolute Gasteiger partial charge is 0.0652 e. The van der Waals surface area contributed by atoms with Gasteiger partial charge >= 0.3 is 0 Å². The molecule has 354 valence electrons. The maximum atomic E-state index is 11.6. The number of aliphatic hydroxyl groups is 2. The number of rotatable bonds is 18. The molecule has 8 heteroatoms. The third-order valence-corrected chi connectivity index (χ3v) is 15.8. The molecule has 4 atom stereocenters. The number of para-hydroxylation sites is 4. The third-order valence-electron chi connectivity index (χ3n) is 13.5. The van der Waals surface area contributed by atoms with Crippen LogP contribution in [0.3, 0.4) is 0 Å². The minimum Gasteiger partial charge on any atom is -0.392 e. The summed E-state index contributed by atoms with van der Waals surface area (Å²) >= 11 is 3.37. The Morgan fingerprint density at radius 1 is 0.375 bits per heavy atom. The molecule has 0 fully saturated rings. The van der Waals surface area contributed by atoms with Gasteiger partial charge in [0.25, 0.3) is 0 Å². The van der Waals surface area contributed by atoms with Crippen LogP contribution < -0.4 is 10.0 Å². The number of hydrazone groups is 2. The molecule has 2 N–H and O–H groups in total. The molecule has 9 aromatic carbocycles. The molecule has 0 saturated carbocycles. The monoisotopic (exact) mass is 974 g/mol. The van der Waals surface area contributed by atoms with Crippen molar-refractivity contribution < 1.29 is 10.2 Å². The van der Waals surface area contributed by atoms with Gasteiger partial charge in [-0.1, -0.05) is 152 Å². The highest BCUT2D eigenvalue weighted by molar-refractivity contribution is 8.00. The molecule has 0 spiro atoms. The number of benzene rings is 9. The van der Waals surface area contributed by atoms with Gasteiger partial charge in [-0.05, 0) is 147 Å². The maximum absolute atomic E-state index is 11.6. The fourth-order valence-electron chi connectivity index (χ4n) is 10.1. The van der Waals surface area contributed by atoms with Crippen LogP contribution in [0.15, 0.2) is 251 Å². The molecule has 0 bridgehead atoms. The summed E-state index contributed by atoms with van der Waals surface area (Å²) in [6, 6.07) is 79.7. The number of thioether (sulfide) groups is 2. The molecule has 0 saturated heterocycles. The van der Waals surface area contributed by atoms with E-state index in [4.69, 9.17) is 10.2 Å². The van der Waals surface area contributed by atoms with E-state index >= 15 is 0 Å². The highest BCUT2D eigenvalue weighted by Crippen LogP contribution is 2.49. The lowest BCUT2D eigenvalue weighted by atomic mass is 9.91. The van der Waals surface area contributed by atoms with Gasteiger partial charge in [0.05, 0.1) is 47.4 Å². The first kappa shape index (κ1) is 46.9. The van der Waals surface area contributed by atoms with Crippen molar-refractivity contribution in [3.05, 3.63) is 264 Å². The third kappa shape index (κ3) is 10.5. The van der Waals surface area contributed by atoms with Gasteiger partial charge in [-0.2, -0.15) is 10.2 Å². The van der Waals surface area contributed by atoms with Crippen LogP contribution in [0.25, 0.3) is 22.3 Å². The summed E-state index contributed by atoms with van der Waals surface area (Å²) in [6.07, 6.45) is 4.10. The molecule has 0 aliphatic heterocycles. The maximum Gasteiger partial charge on any atom is 0.0652 e. The van der Waals surface area contributed by atoms with Gasteiger partial charge in [-0.3, -0.25) is 0 Å². The Morgan fingerprint density at radius 2 is 0.722 bits per heavy atom. The second kappa shape index (κ2) is 21.9. The van der Waals surface area contributed by atoms with Gasteiger partial charge in [-0.15, -0.1) is 23.5 Å². The molecule has 11 rings (SSSR count). The van der Waals surface area contributed by atoms with Crippen LogP contribution in [-0.2, 0) is 0 Å².